The van der Waals surface area contributed by atoms with Gasteiger partial charge in [0.25, 0.3) is 0 Å². The monoisotopic (exact) mass is 488 g/mol. The highest BCUT2D eigenvalue weighted by atomic mass is 35.5. The predicted octanol–water partition coefficient (Wildman–Crippen LogP) is 6.81. The van der Waals surface area contributed by atoms with Gasteiger partial charge in [0.15, 0.2) is 11.0 Å². The molecule has 3 aromatic rings. The smallest absolute Gasteiger partial charge is 0.220 e. The zero-order valence-corrected chi connectivity index (χ0v) is 20.8. The van der Waals surface area contributed by atoms with Crippen LogP contribution >= 0.6 is 23.4 Å². The molecular weight excluding hydrogens is 459 g/mol. The Balaban J connectivity index is 1.84. The number of thioether (sulfide) groups is 1. The minimum Gasteiger partial charge on any atom is -0.346 e. The maximum absolute atomic E-state index is 13.2. The van der Waals surface area contributed by atoms with Gasteiger partial charge in [-0.2, -0.15) is 0 Å². The minimum atomic E-state index is -0.324. The molecule has 1 amide bonds. The van der Waals surface area contributed by atoms with Crippen molar-refractivity contribution in [2.45, 2.75) is 69.8 Å². The molecule has 0 aliphatic carbocycles. The summed E-state index contributed by atoms with van der Waals surface area (Å²) in [6.07, 6.45) is 4.71. The van der Waals surface area contributed by atoms with Crippen molar-refractivity contribution < 1.29 is 9.18 Å². The summed E-state index contributed by atoms with van der Waals surface area (Å²) in [5.74, 6) is 0.999. The number of rotatable bonds is 11. The fourth-order valence-electron chi connectivity index (χ4n) is 3.52. The van der Waals surface area contributed by atoms with E-state index in [1.165, 1.54) is 23.9 Å². The van der Waals surface area contributed by atoms with E-state index < -0.39 is 0 Å². The average molecular weight is 489 g/mol. The third-order valence-corrected chi connectivity index (χ3v) is 6.61. The van der Waals surface area contributed by atoms with Crippen LogP contribution in [0.3, 0.4) is 0 Å². The molecule has 0 radical (unpaired) electrons. The normalized spacial score (nSPS) is 12.0. The lowest BCUT2D eigenvalue weighted by Gasteiger charge is -2.18. The molecule has 0 aliphatic heterocycles. The van der Waals surface area contributed by atoms with Crippen molar-refractivity contribution in [3.8, 4) is 5.69 Å². The van der Waals surface area contributed by atoms with Crippen LogP contribution in [0.15, 0.2) is 47.6 Å². The maximum atomic E-state index is 13.2. The van der Waals surface area contributed by atoms with Gasteiger partial charge in [-0.25, -0.2) is 4.39 Å². The van der Waals surface area contributed by atoms with Crippen molar-refractivity contribution in [2.24, 2.45) is 0 Å². The van der Waals surface area contributed by atoms with E-state index in [2.05, 4.69) is 22.4 Å². The highest BCUT2D eigenvalue weighted by molar-refractivity contribution is 7.98. The lowest BCUT2D eigenvalue weighted by atomic mass is 10.1. The highest BCUT2D eigenvalue weighted by Gasteiger charge is 2.22. The van der Waals surface area contributed by atoms with Gasteiger partial charge in [-0.1, -0.05) is 67.7 Å². The molecule has 0 aliphatic rings. The Kier molecular flexibility index (Phi) is 9.32. The molecule has 1 heterocycles. The van der Waals surface area contributed by atoms with Crippen LogP contribution in [0.4, 0.5) is 4.39 Å². The first-order valence-corrected chi connectivity index (χ1v) is 12.6. The van der Waals surface area contributed by atoms with Crippen LogP contribution in [0.2, 0.25) is 5.02 Å². The third kappa shape index (κ3) is 7.05. The Labute approximate surface area is 204 Å². The molecule has 8 heteroatoms. The number of unbranched alkanes of at least 4 members (excludes halogenated alkanes) is 3. The zero-order valence-electron chi connectivity index (χ0n) is 19.3. The third-order valence-electron chi connectivity index (χ3n) is 5.37. The first kappa shape index (κ1) is 25.2. The standard InChI is InChI=1S/C25H30ClFN4OS/c1-4-5-6-7-8-23(32)28-18(3)24-29-30-25(33-16-19-10-13-21(27)14-11-19)31(24)22-15-20(26)12-9-17(22)2/h9-15,18H,4-8,16H2,1-3H3,(H,28,32). The highest BCUT2D eigenvalue weighted by Crippen LogP contribution is 2.30. The summed E-state index contributed by atoms with van der Waals surface area (Å²) >= 11 is 7.81. The molecule has 176 valence electrons. The van der Waals surface area contributed by atoms with Crippen molar-refractivity contribution in [3.63, 3.8) is 0 Å². The quantitative estimate of drug-likeness (QED) is 0.238. The van der Waals surface area contributed by atoms with Crippen LogP contribution in [0.1, 0.15) is 68.9 Å². The number of halogens is 2. The lowest BCUT2D eigenvalue weighted by Crippen LogP contribution is -2.28. The number of hydrogen-bond donors (Lipinski definition) is 1. The molecule has 1 aromatic heterocycles. The summed E-state index contributed by atoms with van der Waals surface area (Å²) in [6, 6.07) is 11.8. The summed E-state index contributed by atoms with van der Waals surface area (Å²) in [5.41, 5.74) is 2.86. The number of nitrogens with zero attached hydrogens (tertiary/aromatic N) is 3. The molecule has 0 saturated carbocycles. The van der Waals surface area contributed by atoms with Gasteiger partial charge in [0, 0.05) is 17.2 Å². The van der Waals surface area contributed by atoms with Gasteiger partial charge in [0.05, 0.1) is 11.7 Å². The van der Waals surface area contributed by atoms with E-state index in [4.69, 9.17) is 11.6 Å². The van der Waals surface area contributed by atoms with E-state index in [1.807, 2.05) is 36.6 Å². The SMILES string of the molecule is CCCCCCC(=O)NC(C)c1nnc(SCc2ccc(F)cc2)n1-c1cc(Cl)ccc1C. The van der Waals surface area contributed by atoms with Crippen LogP contribution in [0.25, 0.3) is 5.69 Å². The number of benzene rings is 2. The number of aryl methyl sites for hydroxylation is 1. The zero-order chi connectivity index (χ0) is 23.8. The van der Waals surface area contributed by atoms with E-state index in [9.17, 15) is 9.18 Å². The first-order valence-electron chi connectivity index (χ1n) is 11.3. The average Bonchev–Trinajstić information content (AvgIpc) is 3.22. The summed E-state index contributed by atoms with van der Waals surface area (Å²) in [7, 11) is 0. The Morgan fingerprint density at radius 2 is 1.91 bits per heavy atom. The van der Waals surface area contributed by atoms with E-state index in [1.54, 1.807) is 12.1 Å². The van der Waals surface area contributed by atoms with Crippen LogP contribution < -0.4 is 5.32 Å². The number of carbonyl (C=O) groups is 1. The Morgan fingerprint density at radius 1 is 1.15 bits per heavy atom. The summed E-state index contributed by atoms with van der Waals surface area (Å²) in [6.45, 7) is 6.07. The second-order valence-electron chi connectivity index (χ2n) is 8.12. The number of aromatic nitrogens is 3. The van der Waals surface area contributed by atoms with Crippen LogP contribution in [-0.2, 0) is 10.5 Å². The molecule has 33 heavy (non-hydrogen) atoms. The van der Waals surface area contributed by atoms with Gasteiger partial charge in [0.1, 0.15) is 5.82 Å². The number of amides is 1. The van der Waals surface area contributed by atoms with Crippen LogP contribution in [0, 0.1) is 12.7 Å². The molecule has 0 fully saturated rings. The first-order chi connectivity index (χ1) is 15.9. The molecule has 5 nitrogen and oxygen atoms in total. The van der Waals surface area contributed by atoms with E-state index in [0.29, 0.717) is 28.2 Å². The van der Waals surface area contributed by atoms with Crippen molar-refractivity contribution in [3.05, 3.63) is 70.3 Å². The van der Waals surface area contributed by atoms with Gasteiger partial charge in [-0.05, 0) is 55.7 Å². The molecule has 1 atom stereocenters. The van der Waals surface area contributed by atoms with Gasteiger partial charge in [-0.15, -0.1) is 10.2 Å². The lowest BCUT2D eigenvalue weighted by molar-refractivity contribution is -0.121. The van der Waals surface area contributed by atoms with Gasteiger partial charge in [-0.3, -0.25) is 9.36 Å². The molecule has 0 saturated heterocycles. The van der Waals surface area contributed by atoms with Crippen LogP contribution in [0.5, 0.6) is 0 Å². The fraction of sp³-hybridized carbons (Fsp3) is 0.400. The van der Waals surface area contributed by atoms with E-state index in [0.717, 1.165) is 42.5 Å². The summed E-state index contributed by atoms with van der Waals surface area (Å²) in [4.78, 5) is 12.5. The van der Waals surface area contributed by atoms with E-state index in [-0.39, 0.29) is 17.8 Å². The maximum Gasteiger partial charge on any atom is 0.220 e. The molecule has 0 bridgehead atoms. The second kappa shape index (κ2) is 12.2. The minimum absolute atomic E-state index is 0.0106. The summed E-state index contributed by atoms with van der Waals surface area (Å²) < 4.78 is 15.2. The van der Waals surface area contributed by atoms with Crippen molar-refractivity contribution >= 4 is 29.3 Å². The largest absolute Gasteiger partial charge is 0.346 e. The van der Waals surface area contributed by atoms with Crippen LogP contribution in [-0.4, -0.2) is 20.7 Å². The molecule has 0 spiro atoms. The predicted molar refractivity (Wildman–Crippen MR) is 132 cm³/mol. The van der Waals surface area contributed by atoms with Gasteiger partial charge < -0.3 is 5.32 Å². The van der Waals surface area contributed by atoms with Crippen molar-refractivity contribution in [2.75, 3.05) is 0 Å². The van der Waals surface area contributed by atoms with Gasteiger partial charge >= 0.3 is 0 Å². The molecular formula is C25H30ClFN4OS. The Morgan fingerprint density at radius 3 is 2.64 bits per heavy atom. The Bertz CT molecular complexity index is 1070. The molecule has 2 aromatic carbocycles. The van der Waals surface area contributed by atoms with E-state index >= 15 is 0 Å². The second-order valence-corrected chi connectivity index (χ2v) is 9.50. The summed E-state index contributed by atoms with van der Waals surface area (Å²) in [5, 5.41) is 13.2. The molecule has 1 N–H and O–H groups in total. The van der Waals surface area contributed by atoms with Crippen molar-refractivity contribution in [1.82, 2.24) is 20.1 Å². The number of nitrogens with one attached hydrogen (secondary N) is 1. The number of carbonyl (C=O) groups excluding carboxylic acids is 1. The van der Waals surface area contributed by atoms with Gasteiger partial charge in [0.2, 0.25) is 5.91 Å². The molecule has 1 unspecified atom stereocenters. The Hall–Kier alpha value is -2.38. The number of hydrogen-bond acceptors (Lipinski definition) is 4. The molecule has 3 rings (SSSR count). The topological polar surface area (TPSA) is 59.8 Å². The fourth-order valence-corrected chi connectivity index (χ4v) is 4.60. The van der Waals surface area contributed by atoms with Crippen molar-refractivity contribution in [1.29, 1.82) is 0 Å².